The molecule has 44 heavy (non-hydrogen) atoms. The van der Waals surface area contributed by atoms with Gasteiger partial charge in [0.05, 0.1) is 0 Å². The highest BCUT2D eigenvalue weighted by molar-refractivity contribution is 6.02. The monoisotopic (exact) mass is 563 g/mol. The maximum atomic E-state index is 2.41. The van der Waals surface area contributed by atoms with Crippen molar-refractivity contribution in [1.82, 2.24) is 0 Å². The van der Waals surface area contributed by atoms with Gasteiger partial charge in [-0.3, -0.25) is 0 Å². The van der Waals surface area contributed by atoms with Crippen LogP contribution in [0.3, 0.4) is 0 Å². The molecule has 0 saturated heterocycles. The molecule has 0 unspecified atom stereocenters. The number of anilines is 3. The molecule has 0 aromatic heterocycles. The number of nitrogens with zero attached hydrogens (tertiary/aromatic N) is 1. The van der Waals surface area contributed by atoms with E-state index in [0.29, 0.717) is 0 Å². The van der Waals surface area contributed by atoms with Gasteiger partial charge in [-0.05, 0) is 97.7 Å². The molecule has 0 heterocycles. The third-order valence-corrected chi connectivity index (χ3v) is 9.27. The Kier molecular flexibility index (Phi) is 6.20. The van der Waals surface area contributed by atoms with Gasteiger partial charge in [0.1, 0.15) is 0 Å². The van der Waals surface area contributed by atoms with E-state index in [1.54, 1.807) is 0 Å². The SMILES string of the molecule is CC1(C)c2cc(-c3ccc(-c4ccc(N(c5ccccc5)c5ccccc5)cc4)cc3)ccc2-c2c1ccc1ccccc21. The van der Waals surface area contributed by atoms with Crippen molar-refractivity contribution in [3.05, 3.63) is 175 Å². The zero-order chi connectivity index (χ0) is 29.7. The van der Waals surface area contributed by atoms with Gasteiger partial charge in [0, 0.05) is 22.5 Å². The van der Waals surface area contributed by atoms with E-state index < -0.39 is 0 Å². The summed E-state index contributed by atoms with van der Waals surface area (Å²) in [7, 11) is 0. The quantitative estimate of drug-likeness (QED) is 0.201. The van der Waals surface area contributed by atoms with Gasteiger partial charge < -0.3 is 4.90 Å². The van der Waals surface area contributed by atoms with Crippen LogP contribution in [0.25, 0.3) is 44.2 Å². The number of hydrogen-bond acceptors (Lipinski definition) is 1. The fourth-order valence-corrected chi connectivity index (χ4v) is 6.95. The summed E-state index contributed by atoms with van der Waals surface area (Å²) in [6, 6.07) is 59.4. The summed E-state index contributed by atoms with van der Waals surface area (Å²) in [5.74, 6) is 0. The molecule has 1 heteroatoms. The fraction of sp³-hybridized carbons (Fsp3) is 0.0698. The molecule has 0 amide bonds. The molecular weight excluding hydrogens is 530 g/mol. The molecule has 1 aliphatic rings. The van der Waals surface area contributed by atoms with Crippen molar-refractivity contribution in [3.8, 4) is 33.4 Å². The summed E-state index contributed by atoms with van der Waals surface area (Å²) in [5, 5.41) is 2.64. The highest BCUT2D eigenvalue weighted by Crippen LogP contribution is 2.52. The minimum Gasteiger partial charge on any atom is -0.311 e. The molecule has 1 nitrogen and oxygen atoms in total. The first-order valence-corrected chi connectivity index (χ1v) is 15.4. The summed E-state index contributed by atoms with van der Waals surface area (Å²) in [6.07, 6.45) is 0. The van der Waals surface area contributed by atoms with Crippen molar-refractivity contribution in [3.63, 3.8) is 0 Å². The Labute approximate surface area is 259 Å². The number of hydrogen-bond donors (Lipinski definition) is 0. The molecule has 0 bridgehead atoms. The number of benzene rings is 7. The lowest BCUT2D eigenvalue weighted by Crippen LogP contribution is -2.15. The van der Waals surface area contributed by atoms with Gasteiger partial charge in [-0.25, -0.2) is 0 Å². The second kappa shape index (κ2) is 10.4. The molecular formula is C43H33N. The Balaban J connectivity index is 1.10. The van der Waals surface area contributed by atoms with Crippen LogP contribution < -0.4 is 4.90 Å². The summed E-state index contributed by atoms with van der Waals surface area (Å²) < 4.78 is 0. The van der Waals surface area contributed by atoms with Crippen LogP contribution in [0.2, 0.25) is 0 Å². The molecule has 0 saturated carbocycles. The van der Waals surface area contributed by atoms with Gasteiger partial charge in [0.2, 0.25) is 0 Å². The molecule has 0 N–H and O–H groups in total. The second-order valence-corrected chi connectivity index (χ2v) is 12.2. The van der Waals surface area contributed by atoms with Gasteiger partial charge in [0.15, 0.2) is 0 Å². The molecule has 0 fully saturated rings. The Morgan fingerprint density at radius 2 is 0.909 bits per heavy atom. The Bertz CT molecular complexity index is 2070. The van der Waals surface area contributed by atoms with Crippen LogP contribution in [0.5, 0.6) is 0 Å². The molecule has 7 aromatic rings. The van der Waals surface area contributed by atoms with Gasteiger partial charge in [-0.2, -0.15) is 0 Å². The highest BCUT2D eigenvalue weighted by Gasteiger charge is 2.36. The summed E-state index contributed by atoms with van der Waals surface area (Å²) in [6.45, 7) is 4.72. The van der Waals surface area contributed by atoms with Crippen molar-refractivity contribution in [2.75, 3.05) is 4.90 Å². The molecule has 210 valence electrons. The number of para-hydroxylation sites is 2. The summed E-state index contributed by atoms with van der Waals surface area (Å²) >= 11 is 0. The Hall–Kier alpha value is -5.40. The topological polar surface area (TPSA) is 3.24 Å². The Morgan fingerprint density at radius 1 is 0.409 bits per heavy atom. The molecule has 1 aliphatic carbocycles. The Morgan fingerprint density at radius 3 is 1.55 bits per heavy atom. The van der Waals surface area contributed by atoms with Crippen molar-refractivity contribution in [2.24, 2.45) is 0 Å². The molecule has 0 radical (unpaired) electrons. The van der Waals surface area contributed by atoms with Crippen LogP contribution >= 0.6 is 0 Å². The lowest BCUT2D eigenvalue weighted by Gasteiger charge is -2.25. The minimum absolute atomic E-state index is 0.0419. The molecule has 0 spiro atoms. The zero-order valence-electron chi connectivity index (χ0n) is 25.0. The van der Waals surface area contributed by atoms with Gasteiger partial charge in [-0.1, -0.05) is 135 Å². The number of rotatable bonds is 5. The lowest BCUT2D eigenvalue weighted by molar-refractivity contribution is 0.661. The van der Waals surface area contributed by atoms with Crippen LogP contribution in [0.15, 0.2) is 164 Å². The van der Waals surface area contributed by atoms with E-state index in [2.05, 4.69) is 183 Å². The van der Waals surface area contributed by atoms with Crippen LogP contribution in [0.4, 0.5) is 17.1 Å². The fourth-order valence-electron chi connectivity index (χ4n) is 6.95. The second-order valence-electron chi connectivity index (χ2n) is 12.2. The standard InChI is InChI=1S/C43H33N/c1-43(2)40-28-24-33-11-9-10-16-38(33)42(40)39-27-23-34(29-41(39)43)32-19-17-30(18-20-32)31-21-25-37(26-22-31)44(35-12-5-3-6-13-35)36-14-7-4-8-15-36/h3-29H,1-2H3. The average Bonchev–Trinajstić information content (AvgIpc) is 3.32. The molecule has 0 atom stereocenters. The van der Waals surface area contributed by atoms with Crippen molar-refractivity contribution in [2.45, 2.75) is 19.3 Å². The van der Waals surface area contributed by atoms with E-state index in [-0.39, 0.29) is 5.41 Å². The first-order valence-electron chi connectivity index (χ1n) is 15.4. The van der Waals surface area contributed by atoms with E-state index in [0.717, 1.165) is 17.1 Å². The van der Waals surface area contributed by atoms with Gasteiger partial charge in [0.25, 0.3) is 0 Å². The van der Waals surface area contributed by atoms with E-state index in [1.807, 2.05) is 0 Å². The van der Waals surface area contributed by atoms with Crippen molar-refractivity contribution >= 4 is 27.8 Å². The molecule has 7 aromatic carbocycles. The maximum absolute atomic E-state index is 2.41. The van der Waals surface area contributed by atoms with E-state index >= 15 is 0 Å². The van der Waals surface area contributed by atoms with Gasteiger partial charge in [-0.15, -0.1) is 0 Å². The minimum atomic E-state index is -0.0419. The third kappa shape index (κ3) is 4.32. The third-order valence-electron chi connectivity index (χ3n) is 9.27. The van der Waals surface area contributed by atoms with Crippen LogP contribution in [-0.2, 0) is 5.41 Å². The largest absolute Gasteiger partial charge is 0.311 e. The highest BCUT2D eigenvalue weighted by atomic mass is 15.1. The van der Waals surface area contributed by atoms with Crippen LogP contribution in [-0.4, -0.2) is 0 Å². The summed E-state index contributed by atoms with van der Waals surface area (Å²) in [4.78, 5) is 2.29. The van der Waals surface area contributed by atoms with Crippen molar-refractivity contribution in [1.29, 1.82) is 0 Å². The van der Waals surface area contributed by atoms with Crippen LogP contribution in [0, 0.1) is 0 Å². The van der Waals surface area contributed by atoms with E-state index in [1.165, 1.54) is 55.3 Å². The van der Waals surface area contributed by atoms with E-state index in [9.17, 15) is 0 Å². The smallest absolute Gasteiger partial charge is 0.0462 e. The predicted octanol–water partition coefficient (Wildman–Crippen LogP) is 11.9. The average molecular weight is 564 g/mol. The van der Waals surface area contributed by atoms with Gasteiger partial charge >= 0.3 is 0 Å². The normalized spacial score (nSPS) is 13.0. The predicted molar refractivity (Wildman–Crippen MR) is 187 cm³/mol. The van der Waals surface area contributed by atoms with Crippen molar-refractivity contribution < 1.29 is 0 Å². The van der Waals surface area contributed by atoms with Crippen LogP contribution in [0.1, 0.15) is 25.0 Å². The first-order chi connectivity index (χ1) is 21.6. The first kappa shape index (κ1) is 26.2. The molecule has 0 aliphatic heterocycles. The summed E-state index contributed by atoms with van der Waals surface area (Å²) in [5.41, 5.74) is 13.9. The zero-order valence-corrected chi connectivity index (χ0v) is 25.0. The molecule has 8 rings (SSSR count). The maximum Gasteiger partial charge on any atom is 0.0462 e. The lowest BCUT2D eigenvalue weighted by atomic mass is 9.81. The number of fused-ring (bicyclic) bond motifs is 5. The van der Waals surface area contributed by atoms with E-state index in [4.69, 9.17) is 0 Å².